The number of aromatic nitrogens is 1. The average molecular weight is 305 g/mol. The largest absolute Gasteiger partial charge is 0.504 e. The zero-order valence-corrected chi connectivity index (χ0v) is 12.5. The summed E-state index contributed by atoms with van der Waals surface area (Å²) < 4.78 is 20.1. The van der Waals surface area contributed by atoms with Gasteiger partial charge >= 0.3 is 0 Å². The van der Waals surface area contributed by atoms with Gasteiger partial charge in [0.2, 0.25) is 11.4 Å². The molecule has 1 aromatic heterocycles. The second kappa shape index (κ2) is 6.89. The molecule has 2 aromatic rings. The summed E-state index contributed by atoms with van der Waals surface area (Å²) in [4.78, 5) is 11.8. The third kappa shape index (κ3) is 3.72. The lowest BCUT2D eigenvalue weighted by atomic mass is 10.3. The third-order valence-electron chi connectivity index (χ3n) is 3.22. The summed E-state index contributed by atoms with van der Waals surface area (Å²) in [6.45, 7) is 4.25. The number of amides is 1. The SMILES string of the molecule is CC[n+]1ccc(O)c(OCC(=O)Nc2ccc(F)cc2)c1C. The van der Waals surface area contributed by atoms with Gasteiger partial charge < -0.3 is 15.2 Å². The van der Waals surface area contributed by atoms with E-state index >= 15 is 0 Å². The molecule has 6 heteroatoms. The molecule has 0 fully saturated rings. The van der Waals surface area contributed by atoms with E-state index < -0.39 is 5.91 Å². The van der Waals surface area contributed by atoms with E-state index in [-0.39, 0.29) is 23.9 Å². The minimum atomic E-state index is -0.391. The molecule has 0 atom stereocenters. The third-order valence-corrected chi connectivity index (χ3v) is 3.22. The van der Waals surface area contributed by atoms with E-state index in [0.717, 1.165) is 12.2 Å². The van der Waals surface area contributed by atoms with Crippen molar-refractivity contribution < 1.29 is 23.6 Å². The number of hydrogen-bond donors (Lipinski definition) is 2. The first-order valence-electron chi connectivity index (χ1n) is 6.91. The Kier molecular flexibility index (Phi) is 4.93. The highest BCUT2D eigenvalue weighted by Crippen LogP contribution is 2.26. The van der Waals surface area contributed by atoms with Crippen LogP contribution in [0.4, 0.5) is 10.1 Å². The Hall–Kier alpha value is -2.63. The number of carbonyl (C=O) groups excluding carboxylic acids is 1. The van der Waals surface area contributed by atoms with Gasteiger partial charge in [0.25, 0.3) is 5.91 Å². The summed E-state index contributed by atoms with van der Waals surface area (Å²) in [6, 6.07) is 6.96. The molecule has 22 heavy (non-hydrogen) atoms. The fourth-order valence-electron chi connectivity index (χ4n) is 2.05. The quantitative estimate of drug-likeness (QED) is 0.832. The maximum atomic E-state index is 12.8. The smallest absolute Gasteiger partial charge is 0.262 e. The van der Waals surface area contributed by atoms with E-state index in [1.54, 1.807) is 13.1 Å². The van der Waals surface area contributed by atoms with Crippen LogP contribution in [0.3, 0.4) is 0 Å². The second-order valence-corrected chi connectivity index (χ2v) is 4.75. The molecule has 2 rings (SSSR count). The Bertz CT molecular complexity index is 672. The number of pyridine rings is 1. The number of aromatic hydroxyl groups is 1. The van der Waals surface area contributed by atoms with Gasteiger partial charge in [0.15, 0.2) is 18.6 Å². The normalized spacial score (nSPS) is 10.3. The molecule has 116 valence electrons. The van der Waals surface area contributed by atoms with E-state index in [2.05, 4.69) is 5.32 Å². The number of halogens is 1. The lowest BCUT2D eigenvalue weighted by Gasteiger charge is -2.10. The minimum Gasteiger partial charge on any atom is -0.504 e. The number of carbonyl (C=O) groups is 1. The highest BCUT2D eigenvalue weighted by atomic mass is 19.1. The van der Waals surface area contributed by atoms with Gasteiger partial charge in [0, 0.05) is 18.7 Å². The van der Waals surface area contributed by atoms with Gasteiger partial charge in [-0.2, -0.15) is 4.57 Å². The summed E-state index contributed by atoms with van der Waals surface area (Å²) in [5.41, 5.74) is 1.21. The molecule has 0 radical (unpaired) electrons. The average Bonchev–Trinajstić information content (AvgIpc) is 2.49. The number of hydrogen-bond acceptors (Lipinski definition) is 3. The molecule has 1 aromatic carbocycles. The Morgan fingerprint density at radius 3 is 2.64 bits per heavy atom. The fraction of sp³-hybridized carbons (Fsp3) is 0.250. The number of rotatable bonds is 5. The second-order valence-electron chi connectivity index (χ2n) is 4.75. The Labute approximate surface area is 128 Å². The van der Waals surface area contributed by atoms with Crippen molar-refractivity contribution in [2.24, 2.45) is 0 Å². The molecular weight excluding hydrogens is 287 g/mol. The molecule has 0 saturated carbocycles. The lowest BCUT2D eigenvalue weighted by molar-refractivity contribution is -0.699. The molecular formula is C16H18FN2O3+. The van der Waals surface area contributed by atoms with Crippen LogP contribution >= 0.6 is 0 Å². The first-order valence-corrected chi connectivity index (χ1v) is 6.91. The maximum Gasteiger partial charge on any atom is 0.262 e. The van der Waals surface area contributed by atoms with E-state index in [1.807, 2.05) is 11.5 Å². The number of ether oxygens (including phenoxy) is 1. The number of nitrogens with zero attached hydrogens (tertiary/aromatic N) is 1. The van der Waals surface area contributed by atoms with Crippen LogP contribution in [0.5, 0.6) is 11.5 Å². The molecule has 0 spiro atoms. The summed E-state index contributed by atoms with van der Waals surface area (Å²) in [7, 11) is 0. The van der Waals surface area contributed by atoms with Crippen molar-refractivity contribution >= 4 is 11.6 Å². The highest BCUT2D eigenvalue weighted by Gasteiger charge is 2.17. The molecule has 2 N–H and O–H groups in total. The van der Waals surface area contributed by atoms with Crippen molar-refractivity contribution in [2.75, 3.05) is 11.9 Å². The number of benzene rings is 1. The molecule has 0 aliphatic carbocycles. The minimum absolute atomic E-state index is 0.0169. The summed E-state index contributed by atoms with van der Waals surface area (Å²) in [5.74, 6) is -0.504. The number of nitrogens with one attached hydrogen (secondary N) is 1. The first-order chi connectivity index (χ1) is 10.5. The first kappa shape index (κ1) is 15.8. The Balaban J connectivity index is 2.01. The van der Waals surface area contributed by atoms with Crippen LogP contribution in [0.2, 0.25) is 0 Å². The van der Waals surface area contributed by atoms with Crippen molar-refractivity contribution in [3.8, 4) is 11.5 Å². The Morgan fingerprint density at radius 2 is 2.00 bits per heavy atom. The summed E-state index contributed by atoms with van der Waals surface area (Å²) in [6.07, 6.45) is 1.75. The summed E-state index contributed by atoms with van der Waals surface area (Å²) in [5, 5.41) is 12.4. The fourth-order valence-corrected chi connectivity index (χ4v) is 2.05. The maximum absolute atomic E-state index is 12.8. The molecule has 5 nitrogen and oxygen atoms in total. The Morgan fingerprint density at radius 1 is 1.32 bits per heavy atom. The monoisotopic (exact) mass is 305 g/mol. The molecule has 1 heterocycles. The van der Waals surface area contributed by atoms with Crippen LogP contribution in [-0.2, 0) is 11.3 Å². The lowest BCUT2D eigenvalue weighted by Crippen LogP contribution is -2.36. The predicted octanol–water partition coefficient (Wildman–Crippen LogP) is 2.16. The van der Waals surface area contributed by atoms with Gasteiger partial charge in [0.1, 0.15) is 12.4 Å². The standard InChI is InChI=1S/C16H17FN2O3/c1-3-19-9-8-14(20)16(11(19)2)22-10-15(21)18-13-6-4-12(17)5-7-13/h4-9H,3,10H2,1-2H3,(H,18,21)/p+1. The highest BCUT2D eigenvalue weighted by molar-refractivity contribution is 5.91. The van der Waals surface area contributed by atoms with Crippen molar-refractivity contribution in [1.82, 2.24) is 0 Å². The van der Waals surface area contributed by atoms with Crippen LogP contribution in [0.25, 0.3) is 0 Å². The molecule has 0 saturated heterocycles. The molecule has 0 bridgehead atoms. The van der Waals surface area contributed by atoms with E-state index in [0.29, 0.717) is 5.69 Å². The van der Waals surface area contributed by atoms with E-state index in [9.17, 15) is 14.3 Å². The van der Waals surface area contributed by atoms with E-state index in [4.69, 9.17) is 4.74 Å². The van der Waals surface area contributed by atoms with Crippen LogP contribution in [0.1, 0.15) is 12.6 Å². The van der Waals surface area contributed by atoms with Gasteiger partial charge in [-0.15, -0.1) is 0 Å². The number of anilines is 1. The van der Waals surface area contributed by atoms with Gasteiger partial charge in [0.05, 0.1) is 0 Å². The van der Waals surface area contributed by atoms with Crippen molar-refractivity contribution in [3.63, 3.8) is 0 Å². The van der Waals surface area contributed by atoms with Crippen molar-refractivity contribution in [3.05, 3.63) is 48.0 Å². The topological polar surface area (TPSA) is 62.4 Å². The van der Waals surface area contributed by atoms with Gasteiger partial charge in [-0.3, -0.25) is 4.79 Å². The predicted molar refractivity (Wildman–Crippen MR) is 79.2 cm³/mol. The molecule has 0 unspecified atom stereocenters. The molecule has 0 aliphatic rings. The number of aryl methyl sites for hydroxylation is 1. The van der Waals surface area contributed by atoms with E-state index in [1.165, 1.54) is 30.3 Å². The zero-order valence-electron chi connectivity index (χ0n) is 12.5. The van der Waals surface area contributed by atoms with Crippen LogP contribution in [0, 0.1) is 12.7 Å². The summed E-state index contributed by atoms with van der Waals surface area (Å²) >= 11 is 0. The van der Waals surface area contributed by atoms with Crippen LogP contribution < -0.4 is 14.6 Å². The van der Waals surface area contributed by atoms with Crippen molar-refractivity contribution in [1.29, 1.82) is 0 Å². The van der Waals surface area contributed by atoms with Gasteiger partial charge in [-0.25, -0.2) is 4.39 Å². The van der Waals surface area contributed by atoms with Crippen molar-refractivity contribution in [2.45, 2.75) is 20.4 Å². The molecule has 1 amide bonds. The zero-order chi connectivity index (χ0) is 16.1. The van der Waals surface area contributed by atoms with Crippen LogP contribution in [-0.4, -0.2) is 17.6 Å². The van der Waals surface area contributed by atoms with Gasteiger partial charge in [-0.1, -0.05) is 0 Å². The van der Waals surface area contributed by atoms with Crippen LogP contribution in [0.15, 0.2) is 36.5 Å². The molecule has 0 aliphatic heterocycles. The van der Waals surface area contributed by atoms with Gasteiger partial charge in [-0.05, 0) is 31.2 Å².